The van der Waals surface area contributed by atoms with Crippen molar-refractivity contribution in [3.63, 3.8) is 0 Å². The lowest BCUT2D eigenvalue weighted by atomic mass is 9.96. The number of carboxylic acids is 1. The van der Waals surface area contributed by atoms with Crippen LogP contribution in [-0.2, 0) is 11.2 Å². The number of aryl methyl sites for hydroxylation is 1. The molecule has 0 bridgehead atoms. The maximum absolute atomic E-state index is 11.8. The summed E-state index contributed by atoms with van der Waals surface area (Å²) < 4.78 is 0. The minimum absolute atomic E-state index is 0.0834. The molecule has 0 aliphatic heterocycles. The van der Waals surface area contributed by atoms with Crippen LogP contribution >= 0.6 is 11.3 Å². The molecule has 0 aliphatic rings. The lowest BCUT2D eigenvalue weighted by Crippen LogP contribution is -2.34. The van der Waals surface area contributed by atoms with Crippen molar-refractivity contribution in [2.24, 2.45) is 5.92 Å². The normalized spacial score (nSPS) is 11.9. The van der Waals surface area contributed by atoms with E-state index in [1.165, 1.54) is 11.3 Å². The van der Waals surface area contributed by atoms with Crippen LogP contribution in [0.15, 0.2) is 35.2 Å². The fourth-order valence-corrected chi connectivity index (χ4v) is 2.51. The summed E-state index contributed by atoms with van der Waals surface area (Å²) >= 11 is 1.32. The number of rotatable bonds is 6. The Morgan fingerprint density at radius 2 is 2.14 bits per heavy atom. The minimum Gasteiger partial charge on any atom is -0.481 e. The molecule has 110 valence electrons. The molecule has 0 spiro atoms. The van der Waals surface area contributed by atoms with Gasteiger partial charge in [-0.25, -0.2) is 4.98 Å². The predicted molar refractivity (Wildman–Crippen MR) is 80.5 cm³/mol. The molecule has 1 heterocycles. The first-order valence-corrected chi connectivity index (χ1v) is 7.46. The highest BCUT2D eigenvalue weighted by atomic mass is 32.1. The van der Waals surface area contributed by atoms with E-state index in [1.807, 2.05) is 31.2 Å². The molecule has 2 aromatic rings. The summed E-state index contributed by atoms with van der Waals surface area (Å²) in [7, 11) is 0. The van der Waals surface area contributed by atoms with E-state index in [0.29, 0.717) is 12.1 Å². The number of aromatic nitrogens is 1. The van der Waals surface area contributed by atoms with E-state index in [-0.39, 0.29) is 12.5 Å². The largest absolute Gasteiger partial charge is 0.481 e. The molecule has 0 radical (unpaired) electrons. The minimum atomic E-state index is -0.920. The Kier molecular flexibility index (Phi) is 5.05. The number of carbonyl (C=O) groups is 2. The Bertz CT molecular complexity index is 626. The van der Waals surface area contributed by atoms with Gasteiger partial charge in [0.2, 0.25) is 0 Å². The Morgan fingerprint density at radius 3 is 2.76 bits per heavy atom. The number of nitrogens with zero attached hydrogens (tertiary/aromatic N) is 1. The van der Waals surface area contributed by atoms with Gasteiger partial charge in [-0.2, -0.15) is 0 Å². The van der Waals surface area contributed by atoms with Crippen molar-refractivity contribution in [2.75, 3.05) is 6.54 Å². The van der Waals surface area contributed by atoms with Gasteiger partial charge in [-0.15, -0.1) is 11.3 Å². The highest BCUT2D eigenvalue weighted by Gasteiger charge is 2.20. The molecular weight excluding hydrogens is 288 g/mol. The maximum atomic E-state index is 11.8. The monoisotopic (exact) mass is 304 g/mol. The number of carbonyl (C=O) groups excluding carboxylic acids is 1. The number of hydrogen-bond donors (Lipinski definition) is 2. The SMILES string of the molecule is Cc1ccccc1CC(CNC(=O)c1cscn1)C(=O)O. The molecule has 5 nitrogen and oxygen atoms in total. The van der Waals surface area contributed by atoms with Gasteiger partial charge in [0, 0.05) is 11.9 Å². The Hall–Kier alpha value is -2.21. The molecule has 1 aromatic carbocycles. The van der Waals surface area contributed by atoms with Gasteiger partial charge in [-0.3, -0.25) is 9.59 Å². The van der Waals surface area contributed by atoms with Crippen molar-refractivity contribution < 1.29 is 14.7 Å². The summed E-state index contributed by atoms with van der Waals surface area (Å²) in [5.41, 5.74) is 3.92. The van der Waals surface area contributed by atoms with Crippen molar-refractivity contribution >= 4 is 23.2 Å². The summed E-state index contributed by atoms with van der Waals surface area (Å²) in [5, 5.41) is 13.6. The van der Waals surface area contributed by atoms with Crippen molar-refractivity contribution in [1.29, 1.82) is 0 Å². The average molecular weight is 304 g/mol. The van der Waals surface area contributed by atoms with Gasteiger partial charge in [0.15, 0.2) is 0 Å². The van der Waals surface area contributed by atoms with E-state index in [4.69, 9.17) is 0 Å². The van der Waals surface area contributed by atoms with E-state index in [2.05, 4.69) is 10.3 Å². The van der Waals surface area contributed by atoms with Gasteiger partial charge in [0.1, 0.15) is 5.69 Å². The third-order valence-electron chi connectivity index (χ3n) is 3.25. The summed E-state index contributed by atoms with van der Waals surface area (Å²) in [4.78, 5) is 27.0. The summed E-state index contributed by atoms with van der Waals surface area (Å²) in [6.45, 7) is 2.03. The number of hydrogen-bond acceptors (Lipinski definition) is 4. The molecule has 6 heteroatoms. The van der Waals surface area contributed by atoms with Crippen LogP contribution < -0.4 is 5.32 Å². The maximum Gasteiger partial charge on any atom is 0.308 e. The van der Waals surface area contributed by atoms with Gasteiger partial charge in [0.25, 0.3) is 5.91 Å². The molecule has 0 aliphatic carbocycles. The van der Waals surface area contributed by atoms with Gasteiger partial charge in [0.05, 0.1) is 11.4 Å². The second-order valence-corrected chi connectivity index (χ2v) is 5.47. The van der Waals surface area contributed by atoms with Crippen LogP contribution in [0.4, 0.5) is 0 Å². The van der Waals surface area contributed by atoms with Gasteiger partial charge in [-0.05, 0) is 24.5 Å². The molecule has 2 N–H and O–H groups in total. The van der Waals surface area contributed by atoms with Crippen LogP contribution in [-0.4, -0.2) is 28.5 Å². The lowest BCUT2D eigenvalue weighted by molar-refractivity contribution is -0.141. The lowest BCUT2D eigenvalue weighted by Gasteiger charge is -2.14. The van der Waals surface area contributed by atoms with Crippen LogP contribution in [0.1, 0.15) is 21.6 Å². The van der Waals surface area contributed by atoms with E-state index < -0.39 is 11.9 Å². The summed E-state index contributed by atoms with van der Waals surface area (Å²) in [5.74, 6) is -1.92. The average Bonchev–Trinajstić information content (AvgIpc) is 2.99. The van der Waals surface area contributed by atoms with E-state index >= 15 is 0 Å². The zero-order valence-corrected chi connectivity index (χ0v) is 12.4. The van der Waals surface area contributed by atoms with Crippen molar-refractivity contribution in [1.82, 2.24) is 10.3 Å². The first-order valence-electron chi connectivity index (χ1n) is 6.51. The van der Waals surface area contributed by atoms with Crippen LogP contribution in [0.25, 0.3) is 0 Å². The number of aliphatic carboxylic acids is 1. The van der Waals surface area contributed by atoms with E-state index in [0.717, 1.165) is 11.1 Å². The number of thiazole rings is 1. The molecule has 0 saturated carbocycles. The molecule has 1 atom stereocenters. The fourth-order valence-electron chi connectivity index (χ4n) is 1.98. The standard InChI is InChI=1S/C15H16N2O3S/c1-10-4-2-3-5-11(10)6-12(15(19)20)7-16-14(18)13-8-21-9-17-13/h2-5,8-9,12H,6-7H2,1H3,(H,16,18)(H,19,20). The number of carboxylic acid groups (broad SMARTS) is 1. The first kappa shape index (κ1) is 15.2. The van der Waals surface area contributed by atoms with Crippen molar-refractivity contribution in [2.45, 2.75) is 13.3 Å². The summed E-state index contributed by atoms with van der Waals surface area (Å²) in [6, 6.07) is 7.66. The zero-order chi connectivity index (χ0) is 15.2. The topological polar surface area (TPSA) is 79.3 Å². The smallest absolute Gasteiger partial charge is 0.308 e. The second kappa shape index (κ2) is 6.99. The van der Waals surface area contributed by atoms with Crippen LogP contribution in [0.5, 0.6) is 0 Å². The van der Waals surface area contributed by atoms with Crippen LogP contribution in [0.2, 0.25) is 0 Å². The molecule has 1 aromatic heterocycles. The number of benzene rings is 1. The van der Waals surface area contributed by atoms with E-state index in [9.17, 15) is 14.7 Å². The molecule has 2 rings (SSSR count). The number of amides is 1. The first-order chi connectivity index (χ1) is 10.1. The number of nitrogens with one attached hydrogen (secondary N) is 1. The molecular formula is C15H16N2O3S. The second-order valence-electron chi connectivity index (χ2n) is 4.75. The zero-order valence-electron chi connectivity index (χ0n) is 11.6. The van der Waals surface area contributed by atoms with Gasteiger partial charge >= 0.3 is 5.97 Å². The molecule has 0 fully saturated rings. The molecule has 0 saturated heterocycles. The Balaban J connectivity index is 1.98. The third-order valence-corrected chi connectivity index (χ3v) is 3.84. The molecule has 1 unspecified atom stereocenters. The Labute approximate surface area is 126 Å². The quantitative estimate of drug-likeness (QED) is 0.857. The van der Waals surface area contributed by atoms with Crippen molar-refractivity contribution in [3.8, 4) is 0 Å². The van der Waals surface area contributed by atoms with Crippen molar-refractivity contribution in [3.05, 3.63) is 52.0 Å². The highest BCUT2D eigenvalue weighted by molar-refractivity contribution is 7.07. The summed E-state index contributed by atoms with van der Waals surface area (Å²) in [6.07, 6.45) is 0.388. The highest BCUT2D eigenvalue weighted by Crippen LogP contribution is 2.13. The fraction of sp³-hybridized carbons (Fsp3) is 0.267. The van der Waals surface area contributed by atoms with E-state index in [1.54, 1.807) is 10.9 Å². The molecule has 21 heavy (non-hydrogen) atoms. The van der Waals surface area contributed by atoms with Gasteiger partial charge in [-0.1, -0.05) is 24.3 Å². The third kappa shape index (κ3) is 4.13. The predicted octanol–water partition coefficient (Wildman–Crippen LogP) is 2.12. The van der Waals surface area contributed by atoms with Crippen LogP contribution in [0, 0.1) is 12.8 Å². The molecule has 1 amide bonds. The Morgan fingerprint density at radius 1 is 1.38 bits per heavy atom. The van der Waals surface area contributed by atoms with Crippen LogP contribution in [0.3, 0.4) is 0 Å². The van der Waals surface area contributed by atoms with Gasteiger partial charge < -0.3 is 10.4 Å².